The molecule has 27 heavy (non-hydrogen) atoms. The van der Waals surface area contributed by atoms with Gasteiger partial charge in [-0.2, -0.15) is 4.52 Å². The monoisotopic (exact) mass is 402 g/mol. The lowest BCUT2D eigenvalue weighted by Gasteiger charge is -2.18. The van der Waals surface area contributed by atoms with Crippen LogP contribution in [0.2, 0.25) is 0 Å². The number of nitrogens with zero attached hydrogens (tertiary/aromatic N) is 6. The molecule has 1 atom stereocenters. The smallest absolute Gasteiger partial charge is 0.316 e. The number of esters is 1. The summed E-state index contributed by atoms with van der Waals surface area (Å²) in [5.74, 6) is 1.72. The van der Waals surface area contributed by atoms with E-state index in [1.54, 1.807) is 15.9 Å². The standard InChI is InChI=1S/C17H18N6O2S2/c1-8-5-4-6-10-12(8)13-14-18-9(2)21-23(14)16-19-20-17(22(16)15(13)27-10)26-7-11(24)25-3/h8H,4-7H2,1-3H3. The highest BCUT2D eigenvalue weighted by atomic mass is 32.2. The van der Waals surface area contributed by atoms with Crippen molar-refractivity contribution in [3.63, 3.8) is 0 Å². The molecule has 1 unspecified atom stereocenters. The number of ether oxygens (including phenoxy) is 1. The zero-order valence-electron chi connectivity index (χ0n) is 15.2. The maximum Gasteiger partial charge on any atom is 0.316 e. The minimum atomic E-state index is -0.287. The van der Waals surface area contributed by atoms with E-state index < -0.39 is 0 Å². The van der Waals surface area contributed by atoms with Gasteiger partial charge in [-0.05, 0) is 37.7 Å². The fraction of sp³-hybridized carbons (Fsp3) is 0.471. The van der Waals surface area contributed by atoms with Crippen LogP contribution in [0.25, 0.3) is 21.6 Å². The number of carbonyl (C=O) groups excluding carboxylic acids is 1. The molecule has 0 amide bonds. The Hall–Kier alpha value is -2.20. The van der Waals surface area contributed by atoms with Crippen LogP contribution in [0.3, 0.4) is 0 Å². The highest BCUT2D eigenvalue weighted by molar-refractivity contribution is 7.99. The Morgan fingerprint density at radius 2 is 2.26 bits per heavy atom. The van der Waals surface area contributed by atoms with Gasteiger partial charge in [0.05, 0.1) is 18.2 Å². The summed E-state index contributed by atoms with van der Waals surface area (Å²) in [6.45, 7) is 4.17. The Morgan fingerprint density at radius 1 is 1.41 bits per heavy atom. The van der Waals surface area contributed by atoms with Crippen molar-refractivity contribution in [2.75, 3.05) is 12.9 Å². The summed E-state index contributed by atoms with van der Waals surface area (Å²) in [6, 6.07) is 0. The number of rotatable bonds is 3. The fourth-order valence-corrected chi connectivity index (χ4v) is 6.12. The van der Waals surface area contributed by atoms with Gasteiger partial charge >= 0.3 is 5.97 Å². The molecule has 0 bridgehead atoms. The Labute approximate surface area is 162 Å². The average Bonchev–Trinajstić information content (AvgIpc) is 3.33. The Balaban J connectivity index is 1.85. The predicted molar refractivity (Wildman–Crippen MR) is 104 cm³/mol. The zero-order chi connectivity index (χ0) is 18.7. The van der Waals surface area contributed by atoms with Crippen molar-refractivity contribution in [2.24, 2.45) is 0 Å². The van der Waals surface area contributed by atoms with E-state index in [0.717, 1.165) is 22.3 Å². The van der Waals surface area contributed by atoms with E-state index in [1.165, 1.54) is 42.2 Å². The highest BCUT2D eigenvalue weighted by Gasteiger charge is 2.28. The summed E-state index contributed by atoms with van der Waals surface area (Å²) in [4.78, 5) is 18.8. The second-order valence-electron chi connectivity index (χ2n) is 6.79. The number of methoxy groups -OCH3 is 1. The van der Waals surface area contributed by atoms with Gasteiger partial charge in [0.15, 0.2) is 10.8 Å². The van der Waals surface area contributed by atoms with Crippen molar-refractivity contribution in [1.29, 1.82) is 0 Å². The molecule has 1 aliphatic carbocycles. The molecule has 140 valence electrons. The van der Waals surface area contributed by atoms with E-state index in [2.05, 4.69) is 22.2 Å². The summed E-state index contributed by atoms with van der Waals surface area (Å²) < 4.78 is 8.55. The molecule has 1 aliphatic rings. The SMILES string of the molecule is COC(=O)CSc1nnc2n3nc(C)nc3c3c4c(sc3n12)CCCC4C. The number of thiophene rings is 1. The quantitative estimate of drug-likeness (QED) is 0.384. The molecule has 8 nitrogen and oxygen atoms in total. The Morgan fingerprint density at radius 3 is 3.07 bits per heavy atom. The summed E-state index contributed by atoms with van der Waals surface area (Å²) in [5, 5.41) is 15.0. The molecule has 4 aromatic rings. The normalized spacial score (nSPS) is 17.1. The first kappa shape index (κ1) is 16.9. The molecule has 5 rings (SSSR count). The van der Waals surface area contributed by atoms with Crippen molar-refractivity contribution >= 4 is 50.7 Å². The molecule has 4 aromatic heterocycles. The molecule has 0 fully saturated rings. The number of aryl methyl sites for hydroxylation is 2. The van der Waals surface area contributed by atoms with Gasteiger partial charge in [0.25, 0.3) is 5.78 Å². The Kier molecular flexibility index (Phi) is 3.87. The van der Waals surface area contributed by atoms with Gasteiger partial charge in [-0.15, -0.1) is 26.6 Å². The number of aromatic nitrogens is 6. The van der Waals surface area contributed by atoms with Gasteiger partial charge in [0.1, 0.15) is 10.7 Å². The second-order valence-corrected chi connectivity index (χ2v) is 8.82. The lowest BCUT2D eigenvalue weighted by atomic mass is 9.87. The molecule has 0 saturated carbocycles. The van der Waals surface area contributed by atoms with Crippen LogP contribution in [-0.4, -0.2) is 48.0 Å². The minimum absolute atomic E-state index is 0.189. The van der Waals surface area contributed by atoms with Gasteiger partial charge in [0, 0.05) is 4.88 Å². The largest absolute Gasteiger partial charge is 0.468 e. The molecule has 0 radical (unpaired) electrons. The summed E-state index contributed by atoms with van der Waals surface area (Å²) in [5.41, 5.74) is 2.23. The van der Waals surface area contributed by atoms with Crippen molar-refractivity contribution in [3.05, 3.63) is 16.3 Å². The molecule has 0 aliphatic heterocycles. The van der Waals surface area contributed by atoms with Crippen LogP contribution in [0, 0.1) is 6.92 Å². The first-order valence-electron chi connectivity index (χ1n) is 8.83. The topological polar surface area (TPSA) is 86.7 Å². The van der Waals surface area contributed by atoms with Crippen LogP contribution < -0.4 is 0 Å². The van der Waals surface area contributed by atoms with Gasteiger partial charge in [0.2, 0.25) is 0 Å². The van der Waals surface area contributed by atoms with Crippen LogP contribution in [0.1, 0.15) is 41.9 Å². The maximum absolute atomic E-state index is 11.6. The number of carbonyl (C=O) groups is 1. The fourth-order valence-electron chi connectivity index (χ4n) is 3.84. The lowest BCUT2D eigenvalue weighted by Crippen LogP contribution is -2.06. The van der Waals surface area contributed by atoms with Crippen molar-refractivity contribution in [3.8, 4) is 0 Å². The van der Waals surface area contributed by atoms with Crippen LogP contribution in [0.15, 0.2) is 5.16 Å². The van der Waals surface area contributed by atoms with Gasteiger partial charge in [-0.1, -0.05) is 18.7 Å². The first-order chi connectivity index (χ1) is 13.1. The second kappa shape index (κ2) is 6.16. The first-order valence-corrected chi connectivity index (χ1v) is 10.6. The molecular formula is C17H18N6O2S2. The summed E-state index contributed by atoms with van der Waals surface area (Å²) >= 11 is 3.11. The number of hydrogen-bond acceptors (Lipinski definition) is 8. The Bertz CT molecular complexity index is 1210. The molecule has 0 saturated heterocycles. The van der Waals surface area contributed by atoms with Gasteiger partial charge in [-0.25, -0.2) is 9.38 Å². The molecule has 0 aromatic carbocycles. The van der Waals surface area contributed by atoms with Crippen LogP contribution in [0.4, 0.5) is 0 Å². The predicted octanol–water partition coefficient (Wildman–Crippen LogP) is 3.00. The van der Waals surface area contributed by atoms with Crippen molar-refractivity contribution < 1.29 is 9.53 Å². The van der Waals surface area contributed by atoms with E-state index in [0.29, 0.717) is 22.7 Å². The van der Waals surface area contributed by atoms with Crippen LogP contribution in [0.5, 0.6) is 0 Å². The molecule has 10 heteroatoms. The average molecular weight is 403 g/mol. The number of hydrogen-bond donors (Lipinski definition) is 0. The highest BCUT2D eigenvalue weighted by Crippen LogP contribution is 2.44. The van der Waals surface area contributed by atoms with Gasteiger partial charge < -0.3 is 4.74 Å². The molecule has 0 N–H and O–H groups in total. The van der Waals surface area contributed by atoms with E-state index in [-0.39, 0.29) is 11.7 Å². The summed E-state index contributed by atoms with van der Waals surface area (Å²) in [7, 11) is 1.39. The van der Waals surface area contributed by atoms with Crippen LogP contribution in [-0.2, 0) is 16.0 Å². The lowest BCUT2D eigenvalue weighted by molar-refractivity contribution is -0.137. The van der Waals surface area contributed by atoms with Crippen molar-refractivity contribution in [1.82, 2.24) is 29.2 Å². The third-order valence-electron chi connectivity index (χ3n) is 5.03. The minimum Gasteiger partial charge on any atom is -0.468 e. The third kappa shape index (κ3) is 2.46. The van der Waals surface area contributed by atoms with E-state index in [9.17, 15) is 4.79 Å². The number of thioether (sulfide) groups is 1. The molecule has 0 spiro atoms. The van der Waals surface area contributed by atoms with E-state index >= 15 is 0 Å². The third-order valence-corrected chi connectivity index (χ3v) is 7.18. The van der Waals surface area contributed by atoms with E-state index in [1.807, 2.05) is 11.3 Å². The van der Waals surface area contributed by atoms with Gasteiger partial charge in [-0.3, -0.25) is 4.79 Å². The van der Waals surface area contributed by atoms with Crippen LogP contribution >= 0.6 is 23.1 Å². The summed E-state index contributed by atoms with van der Waals surface area (Å²) in [6.07, 6.45) is 3.48. The number of fused-ring (bicyclic) bond motifs is 8. The molecular weight excluding hydrogens is 384 g/mol. The molecule has 4 heterocycles. The maximum atomic E-state index is 11.6. The van der Waals surface area contributed by atoms with E-state index in [4.69, 9.17) is 9.72 Å². The van der Waals surface area contributed by atoms with Crippen molar-refractivity contribution in [2.45, 2.75) is 44.2 Å². The zero-order valence-corrected chi connectivity index (χ0v) is 16.9.